The Labute approximate surface area is 129 Å². The van der Waals surface area contributed by atoms with Crippen LogP contribution < -0.4 is 5.32 Å². The largest absolute Gasteiger partial charge is 0.375 e. The van der Waals surface area contributed by atoms with Gasteiger partial charge in [-0.1, -0.05) is 13.8 Å². The summed E-state index contributed by atoms with van der Waals surface area (Å²) in [4.78, 5) is 16.6. The van der Waals surface area contributed by atoms with Gasteiger partial charge in [0.1, 0.15) is 0 Å². The lowest BCUT2D eigenvalue weighted by Gasteiger charge is -2.21. The second kappa shape index (κ2) is 8.71. The molecule has 0 aliphatic carbocycles. The van der Waals surface area contributed by atoms with Gasteiger partial charge in [0.2, 0.25) is 5.91 Å². The van der Waals surface area contributed by atoms with Crippen LogP contribution in [0.15, 0.2) is 0 Å². The van der Waals surface area contributed by atoms with Gasteiger partial charge in [0.25, 0.3) is 0 Å². The zero-order valence-electron chi connectivity index (χ0n) is 13.6. The van der Waals surface area contributed by atoms with E-state index in [1.165, 1.54) is 6.42 Å². The Kier molecular flexibility index (Phi) is 6.93. The number of nitrogens with one attached hydrogen (secondary N) is 1. The van der Waals surface area contributed by atoms with E-state index < -0.39 is 0 Å². The molecule has 2 aliphatic heterocycles. The number of ether oxygens (including phenoxy) is 1. The molecule has 2 aliphatic rings. The first-order valence-corrected chi connectivity index (χ1v) is 8.58. The number of hydrogen-bond acceptors (Lipinski definition) is 4. The molecular weight excluding hydrogens is 266 g/mol. The molecule has 2 fully saturated rings. The molecule has 0 spiro atoms. The van der Waals surface area contributed by atoms with Gasteiger partial charge in [-0.25, -0.2) is 0 Å². The third kappa shape index (κ3) is 5.24. The number of likely N-dealkylation sites (N-methyl/N-ethyl adjacent to an activating group) is 1. The molecule has 0 aromatic rings. The van der Waals surface area contributed by atoms with Gasteiger partial charge in [0, 0.05) is 32.1 Å². The van der Waals surface area contributed by atoms with E-state index in [1.54, 1.807) is 0 Å². The van der Waals surface area contributed by atoms with Crippen molar-refractivity contribution in [3.63, 3.8) is 0 Å². The third-order valence-electron chi connectivity index (χ3n) is 4.74. The van der Waals surface area contributed by atoms with Crippen LogP contribution in [-0.4, -0.2) is 73.7 Å². The SMILES string of the molecule is CCN(CC)CCOC1CCN(C(=O)CC2CCCN2)C1. The van der Waals surface area contributed by atoms with Crippen molar-refractivity contribution in [2.75, 3.05) is 45.9 Å². The van der Waals surface area contributed by atoms with Gasteiger partial charge >= 0.3 is 0 Å². The van der Waals surface area contributed by atoms with Crippen LogP contribution in [0.2, 0.25) is 0 Å². The van der Waals surface area contributed by atoms with Crippen LogP contribution in [0, 0.1) is 0 Å². The highest BCUT2D eigenvalue weighted by Gasteiger charge is 2.28. The molecule has 2 rings (SSSR count). The molecule has 5 heteroatoms. The predicted octanol–water partition coefficient (Wildman–Crippen LogP) is 1.09. The van der Waals surface area contributed by atoms with E-state index >= 15 is 0 Å². The average Bonchev–Trinajstić information content (AvgIpc) is 3.15. The van der Waals surface area contributed by atoms with Gasteiger partial charge in [-0.05, 0) is 38.9 Å². The van der Waals surface area contributed by atoms with Crippen LogP contribution in [0.1, 0.15) is 39.5 Å². The molecule has 0 radical (unpaired) electrons. The van der Waals surface area contributed by atoms with E-state index in [-0.39, 0.29) is 6.10 Å². The first-order valence-electron chi connectivity index (χ1n) is 8.58. The fourth-order valence-corrected chi connectivity index (χ4v) is 3.25. The highest BCUT2D eigenvalue weighted by molar-refractivity contribution is 5.77. The fourth-order valence-electron chi connectivity index (χ4n) is 3.25. The smallest absolute Gasteiger partial charge is 0.224 e. The summed E-state index contributed by atoms with van der Waals surface area (Å²) >= 11 is 0. The first kappa shape index (κ1) is 16.7. The number of likely N-dealkylation sites (tertiary alicyclic amines) is 1. The molecule has 1 amide bonds. The lowest BCUT2D eigenvalue weighted by Crippen LogP contribution is -2.35. The minimum absolute atomic E-state index is 0.237. The molecule has 2 heterocycles. The molecule has 0 saturated carbocycles. The number of carbonyl (C=O) groups is 1. The quantitative estimate of drug-likeness (QED) is 0.728. The highest BCUT2D eigenvalue weighted by Crippen LogP contribution is 2.16. The van der Waals surface area contributed by atoms with Crippen LogP contribution in [0.25, 0.3) is 0 Å². The van der Waals surface area contributed by atoms with Gasteiger partial charge in [0.15, 0.2) is 0 Å². The normalized spacial score (nSPS) is 26.0. The lowest BCUT2D eigenvalue weighted by atomic mass is 10.1. The molecule has 2 atom stereocenters. The third-order valence-corrected chi connectivity index (χ3v) is 4.74. The van der Waals surface area contributed by atoms with Crippen LogP contribution in [0.3, 0.4) is 0 Å². The number of rotatable bonds is 8. The summed E-state index contributed by atoms with van der Waals surface area (Å²) in [7, 11) is 0. The second-order valence-corrected chi connectivity index (χ2v) is 6.15. The van der Waals surface area contributed by atoms with Crippen molar-refractivity contribution >= 4 is 5.91 Å². The summed E-state index contributed by atoms with van der Waals surface area (Å²) < 4.78 is 5.94. The Hall–Kier alpha value is -0.650. The second-order valence-electron chi connectivity index (χ2n) is 6.15. The maximum atomic E-state index is 12.2. The van der Waals surface area contributed by atoms with Crippen molar-refractivity contribution in [1.82, 2.24) is 15.1 Å². The summed E-state index contributed by atoms with van der Waals surface area (Å²) in [6.07, 6.45) is 4.23. The molecule has 2 unspecified atom stereocenters. The van der Waals surface area contributed by atoms with Crippen molar-refractivity contribution in [2.24, 2.45) is 0 Å². The number of hydrogen-bond donors (Lipinski definition) is 1. The first-order chi connectivity index (χ1) is 10.2. The molecule has 0 aromatic carbocycles. The summed E-state index contributed by atoms with van der Waals surface area (Å²) in [6.45, 7) is 11.0. The topological polar surface area (TPSA) is 44.8 Å². The summed E-state index contributed by atoms with van der Waals surface area (Å²) in [5.41, 5.74) is 0. The Bertz CT molecular complexity index is 315. The predicted molar refractivity (Wildman–Crippen MR) is 84.4 cm³/mol. The van der Waals surface area contributed by atoms with E-state index in [2.05, 4.69) is 24.1 Å². The van der Waals surface area contributed by atoms with Crippen molar-refractivity contribution in [2.45, 2.75) is 51.7 Å². The molecule has 5 nitrogen and oxygen atoms in total. The van der Waals surface area contributed by atoms with Gasteiger partial charge in [0.05, 0.1) is 12.7 Å². The van der Waals surface area contributed by atoms with Gasteiger partial charge in [-0.3, -0.25) is 4.79 Å². The molecule has 21 heavy (non-hydrogen) atoms. The minimum Gasteiger partial charge on any atom is -0.375 e. The Balaban J connectivity index is 1.62. The lowest BCUT2D eigenvalue weighted by molar-refractivity contribution is -0.131. The van der Waals surface area contributed by atoms with Gasteiger partial charge in [-0.2, -0.15) is 0 Å². The van der Waals surface area contributed by atoms with Crippen molar-refractivity contribution in [3.8, 4) is 0 Å². The summed E-state index contributed by atoms with van der Waals surface area (Å²) in [6, 6.07) is 0.403. The Morgan fingerprint density at radius 2 is 2.14 bits per heavy atom. The zero-order chi connectivity index (χ0) is 15.1. The monoisotopic (exact) mass is 297 g/mol. The van der Waals surface area contributed by atoms with Crippen LogP contribution >= 0.6 is 0 Å². The molecule has 2 saturated heterocycles. The summed E-state index contributed by atoms with van der Waals surface area (Å²) in [5.74, 6) is 0.296. The average molecular weight is 297 g/mol. The molecular formula is C16H31N3O2. The zero-order valence-corrected chi connectivity index (χ0v) is 13.6. The van der Waals surface area contributed by atoms with Crippen LogP contribution in [0.5, 0.6) is 0 Å². The fraction of sp³-hybridized carbons (Fsp3) is 0.938. The highest BCUT2D eigenvalue weighted by atomic mass is 16.5. The number of nitrogens with zero attached hydrogens (tertiary/aromatic N) is 2. The maximum Gasteiger partial charge on any atom is 0.224 e. The van der Waals surface area contributed by atoms with E-state index in [0.29, 0.717) is 18.4 Å². The van der Waals surface area contributed by atoms with E-state index in [0.717, 1.165) is 58.7 Å². The summed E-state index contributed by atoms with van der Waals surface area (Å²) in [5, 5.41) is 3.40. The Morgan fingerprint density at radius 1 is 1.33 bits per heavy atom. The number of carbonyl (C=O) groups excluding carboxylic acids is 1. The van der Waals surface area contributed by atoms with Crippen LogP contribution in [0.4, 0.5) is 0 Å². The number of amides is 1. The molecule has 122 valence electrons. The van der Waals surface area contributed by atoms with Gasteiger partial charge < -0.3 is 19.9 Å². The van der Waals surface area contributed by atoms with E-state index in [9.17, 15) is 4.79 Å². The van der Waals surface area contributed by atoms with Crippen molar-refractivity contribution < 1.29 is 9.53 Å². The van der Waals surface area contributed by atoms with Crippen LogP contribution in [-0.2, 0) is 9.53 Å². The maximum absolute atomic E-state index is 12.2. The minimum atomic E-state index is 0.237. The van der Waals surface area contributed by atoms with Gasteiger partial charge in [-0.15, -0.1) is 0 Å². The molecule has 0 bridgehead atoms. The molecule has 1 N–H and O–H groups in total. The Morgan fingerprint density at radius 3 is 2.81 bits per heavy atom. The van der Waals surface area contributed by atoms with E-state index in [4.69, 9.17) is 4.74 Å². The van der Waals surface area contributed by atoms with E-state index in [1.807, 2.05) is 4.90 Å². The standard InChI is InChI=1S/C16H31N3O2/c1-3-18(4-2)10-11-21-15-7-9-19(13-15)16(20)12-14-6-5-8-17-14/h14-15,17H,3-13H2,1-2H3. The van der Waals surface area contributed by atoms with Crippen molar-refractivity contribution in [1.29, 1.82) is 0 Å². The molecule has 0 aromatic heterocycles. The van der Waals surface area contributed by atoms with Crippen molar-refractivity contribution in [3.05, 3.63) is 0 Å².